The molecule has 1 saturated heterocycles. The number of carbonyl (C=O) groups excluding carboxylic acids is 2. The molecule has 27 heavy (non-hydrogen) atoms. The first kappa shape index (κ1) is 19.4. The van der Waals surface area contributed by atoms with Crippen molar-refractivity contribution in [1.82, 2.24) is 9.88 Å². The highest BCUT2D eigenvalue weighted by atomic mass is 19.4. The number of aromatic nitrogens is 1. The van der Waals surface area contributed by atoms with Crippen LogP contribution < -0.4 is 10.2 Å². The first-order chi connectivity index (χ1) is 12.7. The van der Waals surface area contributed by atoms with Crippen LogP contribution in [0.4, 0.5) is 24.8 Å². The van der Waals surface area contributed by atoms with E-state index < -0.39 is 12.1 Å². The zero-order valence-electron chi connectivity index (χ0n) is 15.3. The lowest BCUT2D eigenvalue weighted by atomic mass is 9.96. The molecule has 1 saturated carbocycles. The molecule has 0 atom stereocenters. The Hall–Kier alpha value is -2.32. The fourth-order valence-corrected chi connectivity index (χ4v) is 3.18. The number of carbonyl (C=O) groups is 2. The molecule has 1 aromatic heterocycles. The van der Waals surface area contributed by atoms with Crippen LogP contribution in [-0.4, -0.2) is 55.1 Å². The van der Waals surface area contributed by atoms with Crippen LogP contribution in [0.2, 0.25) is 0 Å². The van der Waals surface area contributed by atoms with E-state index in [2.05, 4.69) is 10.3 Å². The molecule has 0 unspecified atom stereocenters. The van der Waals surface area contributed by atoms with Crippen molar-refractivity contribution in [2.24, 2.45) is 11.8 Å². The zero-order chi connectivity index (χ0) is 19.8. The van der Waals surface area contributed by atoms with Crippen LogP contribution in [-0.2, 0) is 4.79 Å². The van der Waals surface area contributed by atoms with Gasteiger partial charge in [-0.2, -0.15) is 13.2 Å². The summed E-state index contributed by atoms with van der Waals surface area (Å²) in [4.78, 5) is 32.2. The van der Waals surface area contributed by atoms with Crippen molar-refractivity contribution in [2.45, 2.75) is 31.9 Å². The molecule has 0 spiro atoms. The van der Waals surface area contributed by atoms with Crippen molar-refractivity contribution in [3.05, 3.63) is 17.7 Å². The quantitative estimate of drug-likeness (QED) is 0.867. The van der Waals surface area contributed by atoms with Crippen molar-refractivity contribution in [1.29, 1.82) is 0 Å². The highest BCUT2D eigenvalue weighted by molar-refractivity contribution is 6.00. The number of halogens is 3. The van der Waals surface area contributed by atoms with Gasteiger partial charge in [0.05, 0.1) is 11.5 Å². The molecule has 1 aliphatic heterocycles. The molecule has 1 aliphatic carbocycles. The normalized spacial score (nSPS) is 18.3. The molecular weight excluding hydrogens is 361 g/mol. The van der Waals surface area contributed by atoms with E-state index in [0.717, 1.165) is 12.8 Å². The van der Waals surface area contributed by atoms with Gasteiger partial charge in [-0.3, -0.25) is 9.59 Å². The largest absolute Gasteiger partial charge is 0.391 e. The molecule has 1 N–H and O–H groups in total. The minimum atomic E-state index is -4.22. The summed E-state index contributed by atoms with van der Waals surface area (Å²) in [6.07, 6.45) is -2.65. The standard InChI is InChI=1S/C18H23F3N4O2/c1-24(2)15-13(5-6-14(22-15)23-16(26)11-3-4-11)17(27)25-9-7-12(8-10-25)18(19,20)21/h5-6,11-12H,3-4,7-10H2,1-2H3,(H,22,23,26). The second-order valence-electron chi connectivity index (χ2n) is 7.33. The summed E-state index contributed by atoms with van der Waals surface area (Å²) in [5.74, 6) is -0.999. The Morgan fingerprint density at radius 1 is 1.15 bits per heavy atom. The first-order valence-electron chi connectivity index (χ1n) is 9.02. The SMILES string of the molecule is CN(C)c1nc(NC(=O)C2CC2)ccc1C(=O)N1CCC(C(F)(F)F)CC1. The summed E-state index contributed by atoms with van der Waals surface area (Å²) in [5.41, 5.74) is 0.315. The molecule has 2 fully saturated rings. The number of nitrogens with zero attached hydrogens (tertiary/aromatic N) is 3. The van der Waals surface area contributed by atoms with E-state index in [1.54, 1.807) is 31.1 Å². The van der Waals surface area contributed by atoms with E-state index in [1.807, 2.05) is 0 Å². The van der Waals surface area contributed by atoms with Gasteiger partial charge < -0.3 is 15.1 Å². The lowest BCUT2D eigenvalue weighted by molar-refractivity contribution is -0.183. The lowest BCUT2D eigenvalue weighted by Crippen LogP contribution is -2.42. The molecule has 0 bridgehead atoms. The average molecular weight is 384 g/mol. The Balaban J connectivity index is 1.73. The number of rotatable bonds is 4. The van der Waals surface area contributed by atoms with E-state index in [4.69, 9.17) is 0 Å². The Morgan fingerprint density at radius 3 is 2.30 bits per heavy atom. The van der Waals surface area contributed by atoms with Gasteiger partial charge in [-0.05, 0) is 37.8 Å². The van der Waals surface area contributed by atoms with E-state index >= 15 is 0 Å². The van der Waals surface area contributed by atoms with E-state index in [9.17, 15) is 22.8 Å². The van der Waals surface area contributed by atoms with Crippen molar-refractivity contribution in [3.8, 4) is 0 Å². The van der Waals surface area contributed by atoms with Crippen LogP contribution in [0.1, 0.15) is 36.0 Å². The fourth-order valence-electron chi connectivity index (χ4n) is 3.18. The van der Waals surface area contributed by atoms with Gasteiger partial charge >= 0.3 is 6.18 Å². The molecule has 2 aliphatic rings. The molecule has 2 heterocycles. The maximum Gasteiger partial charge on any atom is 0.391 e. The third-order valence-electron chi connectivity index (χ3n) is 4.97. The van der Waals surface area contributed by atoms with Gasteiger partial charge in [-0.25, -0.2) is 4.98 Å². The summed E-state index contributed by atoms with van der Waals surface area (Å²) in [6.45, 7) is 0.131. The summed E-state index contributed by atoms with van der Waals surface area (Å²) in [6, 6.07) is 3.13. The third-order valence-corrected chi connectivity index (χ3v) is 4.97. The second-order valence-corrected chi connectivity index (χ2v) is 7.33. The van der Waals surface area contributed by atoms with E-state index in [-0.39, 0.29) is 43.7 Å². The van der Waals surface area contributed by atoms with Crippen molar-refractivity contribution in [2.75, 3.05) is 37.4 Å². The Kier molecular flexibility index (Phi) is 5.30. The maximum atomic E-state index is 12.8. The summed E-state index contributed by atoms with van der Waals surface area (Å²) in [7, 11) is 3.45. The van der Waals surface area contributed by atoms with Crippen LogP contribution in [0.5, 0.6) is 0 Å². The molecule has 0 aromatic carbocycles. The Morgan fingerprint density at radius 2 is 1.78 bits per heavy atom. The Labute approximate surface area is 155 Å². The van der Waals surface area contributed by atoms with Gasteiger partial charge in [0, 0.05) is 33.1 Å². The van der Waals surface area contributed by atoms with Crippen LogP contribution >= 0.6 is 0 Å². The number of alkyl halides is 3. The predicted octanol–water partition coefficient (Wildman–Crippen LogP) is 2.91. The van der Waals surface area contributed by atoms with E-state index in [0.29, 0.717) is 17.2 Å². The van der Waals surface area contributed by atoms with Gasteiger partial charge in [-0.15, -0.1) is 0 Å². The number of anilines is 2. The number of likely N-dealkylation sites (tertiary alicyclic amines) is 1. The summed E-state index contributed by atoms with van der Waals surface area (Å²) >= 11 is 0. The highest BCUT2D eigenvalue weighted by Gasteiger charge is 2.42. The van der Waals surface area contributed by atoms with Gasteiger partial charge in [0.15, 0.2) is 0 Å². The summed E-state index contributed by atoms with van der Waals surface area (Å²) < 4.78 is 38.5. The maximum absolute atomic E-state index is 12.8. The van der Waals surface area contributed by atoms with Gasteiger partial charge in [0.25, 0.3) is 5.91 Å². The molecule has 3 rings (SSSR count). The molecular formula is C18H23F3N4O2. The number of piperidine rings is 1. The minimum Gasteiger partial charge on any atom is -0.362 e. The number of amides is 2. The number of hydrogen-bond acceptors (Lipinski definition) is 4. The van der Waals surface area contributed by atoms with Gasteiger partial charge in [0.1, 0.15) is 11.6 Å². The molecule has 6 nitrogen and oxygen atoms in total. The smallest absolute Gasteiger partial charge is 0.362 e. The topological polar surface area (TPSA) is 65.5 Å². The minimum absolute atomic E-state index is 0.0332. The van der Waals surface area contributed by atoms with E-state index in [1.165, 1.54) is 4.90 Å². The van der Waals surface area contributed by atoms with Crippen LogP contribution in [0.25, 0.3) is 0 Å². The third kappa shape index (κ3) is 4.51. The Bertz CT molecular complexity index is 724. The highest BCUT2D eigenvalue weighted by Crippen LogP contribution is 2.35. The molecule has 0 radical (unpaired) electrons. The van der Waals surface area contributed by atoms with Crippen LogP contribution in [0, 0.1) is 11.8 Å². The van der Waals surface area contributed by atoms with Crippen LogP contribution in [0.3, 0.4) is 0 Å². The zero-order valence-corrected chi connectivity index (χ0v) is 15.3. The summed E-state index contributed by atoms with van der Waals surface area (Å²) in [5, 5.41) is 2.74. The van der Waals surface area contributed by atoms with Gasteiger partial charge in [0.2, 0.25) is 5.91 Å². The first-order valence-corrected chi connectivity index (χ1v) is 9.02. The van der Waals surface area contributed by atoms with Crippen molar-refractivity contribution < 1.29 is 22.8 Å². The molecule has 1 aromatic rings. The lowest BCUT2D eigenvalue weighted by Gasteiger charge is -2.33. The van der Waals surface area contributed by atoms with Crippen LogP contribution in [0.15, 0.2) is 12.1 Å². The number of pyridine rings is 1. The predicted molar refractivity (Wildman–Crippen MR) is 94.6 cm³/mol. The number of nitrogens with one attached hydrogen (secondary N) is 1. The van der Waals surface area contributed by atoms with Crippen molar-refractivity contribution >= 4 is 23.5 Å². The second kappa shape index (κ2) is 7.36. The van der Waals surface area contributed by atoms with Crippen molar-refractivity contribution in [3.63, 3.8) is 0 Å². The molecule has 9 heteroatoms. The van der Waals surface area contributed by atoms with Gasteiger partial charge in [-0.1, -0.05) is 0 Å². The monoisotopic (exact) mass is 384 g/mol. The molecule has 148 valence electrons. The number of hydrogen-bond donors (Lipinski definition) is 1. The molecule has 2 amide bonds. The average Bonchev–Trinajstić information content (AvgIpc) is 3.45. The fraction of sp³-hybridized carbons (Fsp3) is 0.611.